The predicted molar refractivity (Wildman–Crippen MR) is 137 cm³/mol. The standard InChI is InChI=1S/C28H30F4N4O5/c1-16(37)36-15-19(17-5-6-22-23(13-17)41-28(31,32)40-22)12-21(36)25(38)34-14-18-4-3-11-33-24(18)26(39)35(2)20-7-9-27(29,30)10-8-20/h3-6,11,13,19-21H,7-10,12,14-15H2,1-2H3,(H,34,38)/t19?,21-/m1/s1. The maximum absolute atomic E-state index is 13.6. The summed E-state index contributed by atoms with van der Waals surface area (Å²) in [6.07, 6.45) is -2.26. The Balaban J connectivity index is 1.25. The fourth-order valence-electron chi connectivity index (χ4n) is 5.71. The van der Waals surface area contributed by atoms with Crippen LogP contribution in [-0.2, 0) is 16.1 Å². The molecule has 2 aliphatic heterocycles. The molecule has 1 N–H and O–H groups in total. The monoisotopic (exact) mass is 578 g/mol. The minimum Gasteiger partial charge on any atom is -0.395 e. The number of halogens is 4. The fourth-order valence-corrected chi connectivity index (χ4v) is 5.71. The lowest BCUT2D eigenvalue weighted by molar-refractivity contribution is -0.286. The molecule has 220 valence electrons. The van der Waals surface area contributed by atoms with E-state index in [0.717, 1.165) is 0 Å². The van der Waals surface area contributed by atoms with Crippen LogP contribution in [0.5, 0.6) is 11.5 Å². The van der Waals surface area contributed by atoms with Crippen molar-refractivity contribution in [2.24, 2.45) is 0 Å². The topological polar surface area (TPSA) is 101 Å². The van der Waals surface area contributed by atoms with Gasteiger partial charge in [0.15, 0.2) is 11.5 Å². The molecular formula is C28H30F4N4O5. The molecule has 0 bridgehead atoms. The minimum absolute atomic E-state index is 0.0453. The van der Waals surface area contributed by atoms with Crippen molar-refractivity contribution in [2.75, 3.05) is 13.6 Å². The molecule has 2 aromatic rings. The van der Waals surface area contributed by atoms with Crippen molar-refractivity contribution in [3.05, 3.63) is 53.3 Å². The van der Waals surface area contributed by atoms with Crippen molar-refractivity contribution in [3.8, 4) is 11.5 Å². The van der Waals surface area contributed by atoms with E-state index in [4.69, 9.17) is 0 Å². The van der Waals surface area contributed by atoms with Gasteiger partial charge in [-0.15, -0.1) is 8.78 Å². The number of rotatable bonds is 6. The summed E-state index contributed by atoms with van der Waals surface area (Å²) in [5.41, 5.74) is 1.17. The number of amides is 3. The molecule has 1 aromatic carbocycles. The second-order valence-electron chi connectivity index (χ2n) is 10.7. The smallest absolute Gasteiger partial charge is 0.395 e. The molecule has 3 heterocycles. The van der Waals surface area contributed by atoms with Crippen LogP contribution >= 0.6 is 0 Å². The van der Waals surface area contributed by atoms with Gasteiger partial charge in [0.05, 0.1) is 0 Å². The van der Waals surface area contributed by atoms with E-state index in [9.17, 15) is 31.9 Å². The molecule has 3 amide bonds. The van der Waals surface area contributed by atoms with Crippen LogP contribution in [0.2, 0.25) is 0 Å². The highest BCUT2D eigenvalue weighted by atomic mass is 19.3. The number of hydrogen-bond acceptors (Lipinski definition) is 6. The molecule has 0 radical (unpaired) electrons. The van der Waals surface area contributed by atoms with Crippen molar-refractivity contribution in [2.45, 2.75) is 75.8 Å². The van der Waals surface area contributed by atoms with Gasteiger partial charge in [-0.25, -0.2) is 8.78 Å². The molecule has 1 saturated heterocycles. The predicted octanol–water partition coefficient (Wildman–Crippen LogP) is 4.07. The lowest BCUT2D eigenvalue weighted by atomic mass is 9.91. The van der Waals surface area contributed by atoms with Crippen molar-refractivity contribution >= 4 is 17.7 Å². The molecule has 41 heavy (non-hydrogen) atoms. The van der Waals surface area contributed by atoms with Gasteiger partial charge in [-0.3, -0.25) is 19.4 Å². The molecule has 1 aromatic heterocycles. The third kappa shape index (κ3) is 6.08. The first kappa shape index (κ1) is 28.6. The number of aromatic nitrogens is 1. The van der Waals surface area contributed by atoms with Crippen LogP contribution < -0.4 is 14.8 Å². The first-order chi connectivity index (χ1) is 19.3. The Morgan fingerprint density at radius 1 is 1.10 bits per heavy atom. The third-order valence-electron chi connectivity index (χ3n) is 8.01. The number of carbonyl (C=O) groups is 3. The molecule has 9 nitrogen and oxygen atoms in total. The molecule has 1 aliphatic carbocycles. The van der Waals surface area contributed by atoms with Crippen LogP contribution in [0.1, 0.15) is 66.6 Å². The molecule has 3 aliphatic rings. The number of carbonyl (C=O) groups excluding carboxylic acids is 3. The number of nitrogens with one attached hydrogen (secondary N) is 1. The van der Waals surface area contributed by atoms with E-state index < -0.39 is 30.1 Å². The zero-order valence-corrected chi connectivity index (χ0v) is 22.5. The molecule has 1 unspecified atom stereocenters. The number of likely N-dealkylation sites (tertiary alicyclic amines) is 1. The van der Waals surface area contributed by atoms with Gasteiger partial charge in [-0.1, -0.05) is 12.1 Å². The Morgan fingerprint density at radius 2 is 1.80 bits per heavy atom. The van der Waals surface area contributed by atoms with Crippen molar-refractivity contribution in [1.29, 1.82) is 0 Å². The SMILES string of the molecule is CC(=O)N1CC(c2ccc3c(c2)OC(F)(F)O3)C[C@@H]1C(=O)NCc1cccnc1C(=O)N(C)C1CCC(F)(F)CC1. The van der Waals surface area contributed by atoms with E-state index in [0.29, 0.717) is 11.1 Å². The normalized spacial score (nSPS) is 22.8. The quantitative estimate of drug-likeness (QED) is 0.519. The van der Waals surface area contributed by atoms with E-state index in [1.807, 2.05) is 0 Å². The molecule has 2 fully saturated rings. The van der Waals surface area contributed by atoms with Gasteiger partial charge in [0.2, 0.25) is 17.7 Å². The largest absolute Gasteiger partial charge is 0.586 e. The van der Waals surface area contributed by atoms with E-state index >= 15 is 0 Å². The minimum atomic E-state index is -3.75. The summed E-state index contributed by atoms with van der Waals surface area (Å²) in [5, 5.41) is 2.79. The maximum atomic E-state index is 13.6. The van der Waals surface area contributed by atoms with Crippen LogP contribution in [0.3, 0.4) is 0 Å². The van der Waals surface area contributed by atoms with Crippen LogP contribution in [0.25, 0.3) is 0 Å². The number of benzene rings is 1. The maximum Gasteiger partial charge on any atom is 0.586 e. The van der Waals surface area contributed by atoms with E-state index in [2.05, 4.69) is 19.8 Å². The summed E-state index contributed by atoms with van der Waals surface area (Å²) in [5.74, 6) is -4.43. The number of fused-ring (bicyclic) bond motifs is 1. The Morgan fingerprint density at radius 3 is 2.51 bits per heavy atom. The highest BCUT2D eigenvalue weighted by Crippen LogP contribution is 2.44. The second-order valence-corrected chi connectivity index (χ2v) is 10.7. The summed E-state index contributed by atoms with van der Waals surface area (Å²) >= 11 is 0. The Labute approximate surface area is 233 Å². The van der Waals surface area contributed by atoms with Crippen LogP contribution in [0.15, 0.2) is 36.5 Å². The van der Waals surface area contributed by atoms with Gasteiger partial charge in [0.25, 0.3) is 5.91 Å². The van der Waals surface area contributed by atoms with Gasteiger partial charge >= 0.3 is 6.29 Å². The van der Waals surface area contributed by atoms with Crippen LogP contribution in [0.4, 0.5) is 17.6 Å². The van der Waals surface area contributed by atoms with Crippen LogP contribution in [0, 0.1) is 0 Å². The van der Waals surface area contributed by atoms with Crippen molar-refractivity contribution < 1.29 is 41.4 Å². The van der Waals surface area contributed by atoms with E-state index in [1.54, 1.807) is 25.2 Å². The zero-order chi connectivity index (χ0) is 29.5. The molecule has 2 atom stereocenters. The number of hydrogen-bond donors (Lipinski definition) is 1. The first-order valence-corrected chi connectivity index (χ1v) is 13.4. The summed E-state index contributed by atoms with van der Waals surface area (Å²) in [4.78, 5) is 45.9. The second kappa shape index (κ2) is 10.8. The molecule has 13 heteroatoms. The highest BCUT2D eigenvalue weighted by molar-refractivity contribution is 5.94. The van der Waals surface area contributed by atoms with Crippen molar-refractivity contribution in [3.63, 3.8) is 0 Å². The van der Waals surface area contributed by atoms with Gasteiger partial charge in [-0.05, 0) is 43.0 Å². The highest BCUT2D eigenvalue weighted by Gasteiger charge is 2.45. The van der Waals surface area contributed by atoms with E-state index in [-0.39, 0.29) is 80.3 Å². The van der Waals surface area contributed by atoms with Gasteiger partial charge in [0, 0.05) is 63.6 Å². The molecular weight excluding hydrogens is 548 g/mol. The average molecular weight is 579 g/mol. The summed E-state index contributed by atoms with van der Waals surface area (Å²) in [6, 6.07) is 6.50. The van der Waals surface area contributed by atoms with E-state index in [1.165, 1.54) is 35.1 Å². The fraction of sp³-hybridized carbons (Fsp3) is 0.500. The number of pyridine rings is 1. The molecule has 5 rings (SSSR count). The summed E-state index contributed by atoms with van der Waals surface area (Å²) in [6.45, 7) is 1.50. The molecule has 0 spiro atoms. The third-order valence-corrected chi connectivity index (χ3v) is 8.01. The first-order valence-electron chi connectivity index (χ1n) is 13.4. The zero-order valence-electron chi connectivity index (χ0n) is 22.5. The average Bonchev–Trinajstić information content (AvgIpc) is 3.51. The summed E-state index contributed by atoms with van der Waals surface area (Å²) in [7, 11) is 1.56. The Hall–Kier alpha value is -3.90. The Kier molecular flexibility index (Phi) is 7.56. The van der Waals surface area contributed by atoms with Gasteiger partial charge in [0.1, 0.15) is 11.7 Å². The van der Waals surface area contributed by atoms with Crippen LogP contribution in [-0.4, -0.2) is 70.4 Å². The number of nitrogens with zero attached hydrogens (tertiary/aromatic N) is 3. The summed E-state index contributed by atoms with van der Waals surface area (Å²) < 4.78 is 63.1. The van der Waals surface area contributed by atoms with Crippen molar-refractivity contribution in [1.82, 2.24) is 20.1 Å². The lowest BCUT2D eigenvalue weighted by Gasteiger charge is -2.34. The number of ether oxygens (including phenoxy) is 2. The molecule has 1 saturated carbocycles. The number of alkyl halides is 4. The Bertz CT molecular complexity index is 1350. The van der Waals surface area contributed by atoms with Gasteiger partial charge < -0.3 is 24.6 Å². The van der Waals surface area contributed by atoms with Gasteiger partial charge in [-0.2, -0.15) is 0 Å². The lowest BCUT2D eigenvalue weighted by Crippen LogP contribution is -2.45.